The summed E-state index contributed by atoms with van der Waals surface area (Å²) in [7, 11) is 0. The van der Waals surface area contributed by atoms with Gasteiger partial charge in [0, 0.05) is 29.7 Å². The van der Waals surface area contributed by atoms with E-state index in [0.717, 1.165) is 43.3 Å². The van der Waals surface area contributed by atoms with Crippen molar-refractivity contribution in [2.45, 2.75) is 32.7 Å². The second-order valence-corrected chi connectivity index (χ2v) is 6.59. The Hall–Kier alpha value is -2.55. The molecule has 0 saturated carbocycles. The molecule has 24 heavy (non-hydrogen) atoms. The second-order valence-electron chi connectivity index (χ2n) is 6.59. The van der Waals surface area contributed by atoms with Crippen molar-refractivity contribution in [3.05, 3.63) is 70.9 Å². The van der Waals surface area contributed by atoms with Gasteiger partial charge in [0.15, 0.2) is 0 Å². The molecule has 0 fully saturated rings. The number of amides is 1. The maximum absolute atomic E-state index is 12.5. The third-order valence-corrected chi connectivity index (χ3v) is 4.93. The number of nitrogens with zero attached hydrogens (tertiary/aromatic N) is 1. The van der Waals surface area contributed by atoms with Crippen LogP contribution in [0.15, 0.2) is 48.5 Å². The van der Waals surface area contributed by atoms with Crippen LogP contribution in [0.5, 0.6) is 0 Å². The fraction of sp³-hybridized carbons (Fsp3) is 0.286. The van der Waals surface area contributed by atoms with Crippen molar-refractivity contribution < 1.29 is 4.79 Å². The summed E-state index contributed by atoms with van der Waals surface area (Å²) in [4.78, 5) is 12.5. The Morgan fingerprint density at radius 1 is 1.08 bits per heavy atom. The summed E-state index contributed by atoms with van der Waals surface area (Å²) >= 11 is 0. The van der Waals surface area contributed by atoms with Gasteiger partial charge in [-0.15, -0.1) is 0 Å². The number of benzene rings is 2. The molecule has 4 rings (SSSR count). The molecule has 3 nitrogen and oxygen atoms in total. The lowest BCUT2D eigenvalue weighted by Crippen LogP contribution is -2.22. The number of hydrogen-bond donors (Lipinski definition) is 1. The molecular weight excluding hydrogens is 296 g/mol. The van der Waals surface area contributed by atoms with Gasteiger partial charge in [-0.3, -0.25) is 4.79 Å². The molecule has 3 heteroatoms. The van der Waals surface area contributed by atoms with E-state index in [1.54, 1.807) is 0 Å². The van der Waals surface area contributed by atoms with Gasteiger partial charge in [-0.25, -0.2) is 0 Å². The zero-order chi connectivity index (χ0) is 16.5. The van der Waals surface area contributed by atoms with Crippen molar-refractivity contribution in [1.29, 1.82) is 0 Å². The van der Waals surface area contributed by atoms with Crippen molar-refractivity contribution in [2.24, 2.45) is 0 Å². The Bertz CT molecular complexity index is 890. The van der Waals surface area contributed by atoms with Gasteiger partial charge in [0.2, 0.25) is 0 Å². The number of hydrogen-bond acceptors (Lipinski definition) is 1. The van der Waals surface area contributed by atoms with Gasteiger partial charge in [0.05, 0.1) is 5.56 Å². The van der Waals surface area contributed by atoms with E-state index in [9.17, 15) is 4.79 Å². The quantitative estimate of drug-likeness (QED) is 0.781. The van der Waals surface area contributed by atoms with E-state index in [1.165, 1.54) is 22.3 Å². The number of carbonyl (C=O) groups excluding carboxylic acids is 1. The van der Waals surface area contributed by atoms with Crippen LogP contribution in [-0.2, 0) is 19.4 Å². The maximum atomic E-state index is 12.5. The SMILES string of the molecule is Cc1ccc(CCn2c3c(c4ccccc42)C(=O)NCCC3)cc1. The normalized spacial score (nSPS) is 14.3. The van der Waals surface area contributed by atoms with Gasteiger partial charge in [-0.2, -0.15) is 0 Å². The molecule has 0 aliphatic carbocycles. The number of fused-ring (bicyclic) bond motifs is 3. The number of para-hydroxylation sites is 1. The van der Waals surface area contributed by atoms with Crippen molar-refractivity contribution in [2.75, 3.05) is 6.54 Å². The third kappa shape index (κ3) is 2.60. The molecule has 0 saturated heterocycles. The Balaban J connectivity index is 1.75. The third-order valence-electron chi connectivity index (χ3n) is 4.93. The number of rotatable bonds is 3. The number of aryl methyl sites for hydroxylation is 3. The molecule has 3 aromatic rings. The largest absolute Gasteiger partial charge is 0.352 e. The summed E-state index contributed by atoms with van der Waals surface area (Å²) in [6, 6.07) is 17.0. The van der Waals surface area contributed by atoms with Crippen LogP contribution < -0.4 is 5.32 Å². The molecule has 0 bridgehead atoms. The van der Waals surface area contributed by atoms with E-state index in [-0.39, 0.29) is 5.91 Å². The lowest BCUT2D eigenvalue weighted by molar-refractivity contribution is 0.0957. The molecular formula is C21H22N2O. The fourth-order valence-corrected chi connectivity index (χ4v) is 3.67. The highest BCUT2D eigenvalue weighted by Gasteiger charge is 2.23. The lowest BCUT2D eigenvalue weighted by atomic mass is 10.1. The molecule has 1 aliphatic rings. The molecule has 0 radical (unpaired) electrons. The van der Waals surface area contributed by atoms with E-state index in [2.05, 4.69) is 59.3 Å². The minimum Gasteiger partial charge on any atom is -0.352 e. The summed E-state index contributed by atoms with van der Waals surface area (Å²) in [5.74, 6) is 0.0767. The Morgan fingerprint density at radius 3 is 2.71 bits per heavy atom. The van der Waals surface area contributed by atoms with Crippen LogP contribution in [0.1, 0.15) is 33.6 Å². The van der Waals surface area contributed by atoms with E-state index < -0.39 is 0 Å². The minimum atomic E-state index is 0.0767. The van der Waals surface area contributed by atoms with E-state index >= 15 is 0 Å². The predicted molar refractivity (Wildman–Crippen MR) is 97.5 cm³/mol. The van der Waals surface area contributed by atoms with E-state index in [1.807, 2.05) is 6.07 Å². The molecule has 1 aliphatic heterocycles. The molecule has 0 atom stereocenters. The Kier molecular flexibility index (Phi) is 3.85. The standard InChI is InChI=1S/C21H22N2O/c1-15-8-10-16(11-9-15)12-14-23-18-6-3-2-5-17(18)20-19(23)7-4-13-22-21(20)24/h2-3,5-6,8-11H,4,7,12-14H2,1H3,(H,22,24). The average Bonchev–Trinajstić information content (AvgIpc) is 2.78. The first-order valence-corrected chi connectivity index (χ1v) is 8.68. The molecule has 122 valence electrons. The van der Waals surface area contributed by atoms with Crippen molar-refractivity contribution in [3.63, 3.8) is 0 Å². The van der Waals surface area contributed by atoms with Crippen molar-refractivity contribution >= 4 is 16.8 Å². The van der Waals surface area contributed by atoms with Gasteiger partial charge in [-0.05, 0) is 37.8 Å². The Morgan fingerprint density at radius 2 is 1.88 bits per heavy atom. The van der Waals surface area contributed by atoms with Crippen LogP contribution in [0.3, 0.4) is 0 Å². The first-order chi connectivity index (χ1) is 11.7. The lowest BCUT2D eigenvalue weighted by Gasteiger charge is -2.11. The Labute approximate surface area is 142 Å². The monoisotopic (exact) mass is 318 g/mol. The summed E-state index contributed by atoms with van der Waals surface area (Å²) in [5.41, 5.74) is 5.87. The van der Waals surface area contributed by atoms with Crippen LogP contribution in [0, 0.1) is 6.92 Å². The molecule has 1 N–H and O–H groups in total. The fourth-order valence-electron chi connectivity index (χ4n) is 3.67. The second kappa shape index (κ2) is 6.16. The minimum absolute atomic E-state index is 0.0767. The summed E-state index contributed by atoms with van der Waals surface area (Å²) in [6.07, 6.45) is 2.93. The molecule has 0 unspecified atom stereocenters. The van der Waals surface area contributed by atoms with E-state index in [0.29, 0.717) is 0 Å². The smallest absolute Gasteiger partial charge is 0.253 e. The molecule has 0 spiro atoms. The van der Waals surface area contributed by atoms with Gasteiger partial charge >= 0.3 is 0 Å². The highest BCUT2D eigenvalue weighted by Crippen LogP contribution is 2.29. The topological polar surface area (TPSA) is 34.0 Å². The molecule has 1 amide bonds. The first kappa shape index (κ1) is 15.0. The zero-order valence-corrected chi connectivity index (χ0v) is 14.0. The first-order valence-electron chi connectivity index (χ1n) is 8.68. The average molecular weight is 318 g/mol. The van der Waals surface area contributed by atoms with Crippen LogP contribution >= 0.6 is 0 Å². The summed E-state index contributed by atoms with van der Waals surface area (Å²) < 4.78 is 2.36. The maximum Gasteiger partial charge on any atom is 0.253 e. The highest BCUT2D eigenvalue weighted by molar-refractivity contribution is 6.08. The summed E-state index contributed by atoms with van der Waals surface area (Å²) in [6.45, 7) is 3.79. The number of carbonyl (C=O) groups is 1. The highest BCUT2D eigenvalue weighted by atomic mass is 16.1. The van der Waals surface area contributed by atoms with Crippen LogP contribution in [0.2, 0.25) is 0 Å². The van der Waals surface area contributed by atoms with Gasteiger partial charge in [0.1, 0.15) is 0 Å². The summed E-state index contributed by atoms with van der Waals surface area (Å²) in [5, 5.41) is 4.11. The predicted octanol–water partition coefficient (Wildman–Crippen LogP) is 3.87. The number of nitrogens with one attached hydrogen (secondary N) is 1. The van der Waals surface area contributed by atoms with E-state index in [4.69, 9.17) is 0 Å². The van der Waals surface area contributed by atoms with Gasteiger partial charge < -0.3 is 9.88 Å². The van der Waals surface area contributed by atoms with Crippen molar-refractivity contribution in [3.8, 4) is 0 Å². The van der Waals surface area contributed by atoms with Crippen LogP contribution in [0.25, 0.3) is 10.9 Å². The van der Waals surface area contributed by atoms with Gasteiger partial charge in [-0.1, -0.05) is 48.0 Å². The number of aromatic nitrogens is 1. The van der Waals surface area contributed by atoms with Crippen molar-refractivity contribution in [1.82, 2.24) is 9.88 Å². The zero-order valence-electron chi connectivity index (χ0n) is 14.0. The van der Waals surface area contributed by atoms with Crippen LogP contribution in [-0.4, -0.2) is 17.0 Å². The molecule has 1 aromatic heterocycles. The van der Waals surface area contributed by atoms with Gasteiger partial charge in [0.25, 0.3) is 5.91 Å². The van der Waals surface area contributed by atoms with Crippen LogP contribution in [0.4, 0.5) is 0 Å². The molecule has 2 aromatic carbocycles. The molecule has 2 heterocycles.